The van der Waals surface area contributed by atoms with Gasteiger partial charge in [0.1, 0.15) is 5.69 Å². The Kier molecular flexibility index (Phi) is 5.90. The lowest BCUT2D eigenvalue weighted by atomic mass is 10.2. The minimum absolute atomic E-state index is 0.101. The zero-order valence-electron chi connectivity index (χ0n) is 12.0. The van der Waals surface area contributed by atoms with Gasteiger partial charge >= 0.3 is 5.97 Å². The summed E-state index contributed by atoms with van der Waals surface area (Å²) >= 11 is 0. The third-order valence-corrected chi connectivity index (χ3v) is 2.77. The van der Waals surface area contributed by atoms with Gasteiger partial charge in [-0.05, 0) is 38.0 Å². The van der Waals surface area contributed by atoms with Crippen molar-refractivity contribution in [2.75, 3.05) is 6.54 Å². The molecule has 1 aromatic rings. The zero-order chi connectivity index (χ0) is 15.1. The van der Waals surface area contributed by atoms with Crippen molar-refractivity contribution in [3.63, 3.8) is 0 Å². The Bertz CT molecular complexity index is 492. The van der Waals surface area contributed by atoms with Gasteiger partial charge in [0.2, 0.25) is 0 Å². The first kappa shape index (κ1) is 15.9. The Hall–Kier alpha value is -2.17. The van der Waals surface area contributed by atoms with Crippen LogP contribution in [0.5, 0.6) is 0 Å². The van der Waals surface area contributed by atoms with Crippen LogP contribution >= 0.6 is 0 Å². The van der Waals surface area contributed by atoms with Crippen LogP contribution in [0.2, 0.25) is 0 Å². The van der Waals surface area contributed by atoms with Crippen molar-refractivity contribution in [2.24, 2.45) is 0 Å². The fraction of sp³-hybridized carbons (Fsp3) is 0.400. The van der Waals surface area contributed by atoms with E-state index in [-0.39, 0.29) is 11.9 Å². The lowest BCUT2D eigenvalue weighted by molar-refractivity contribution is -0.131. The number of carbonyl (C=O) groups is 2. The highest BCUT2D eigenvalue weighted by Crippen LogP contribution is 2.09. The molecule has 0 fully saturated rings. The van der Waals surface area contributed by atoms with Gasteiger partial charge in [0.25, 0.3) is 5.91 Å². The molecule has 0 atom stereocenters. The molecule has 1 heterocycles. The second-order valence-electron chi connectivity index (χ2n) is 4.74. The number of carboxylic acids is 1. The van der Waals surface area contributed by atoms with E-state index in [1.165, 1.54) is 12.3 Å². The van der Waals surface area contributed by atoms with Gasteiger partial charge in [-0.25, -0.2) is 4.79 Å². The number of carboxylic acid groups (broad SMARTS) is 1. The van der Waals surface area contributed by atoms with Crippen LogP contribution in [0.15, 0.2) is 24.4 Å². The number of amides is 1. The lowest BCUT2D eigenvalue weighted by Crippen LogP contribution is -2.37. The molecule has 0 saturated heterocycles. The van der Waals surface area contributed by atoms with E-state index in [9.17, 15) is 9.59 Å². The maximum Gasteiger partial charge on any atom is 0.328 e. The first-order valence-electron chi connectivity index (χ1n) is 6.63. The van der Waals surface area contributed by atoms with E-state index in [1.807, 2.05) is 20.8 Å². The smallest absolute Gasteiger partial charge is 0.328 e. The van der Waals surface area contributed by atoms with Crippen LogP contribution in [0, 0.1) is 0 Å². The van der Waals surface area contributed by atoms with E-state index in [0.717, 1.165) is 12.5 Å². The van der Waals surface area contributed by atoms with Crippen molar-refractivity contribution < 1.29 is 14.7 Å². The average Bonchev–Trinajstić information content (AvgIpc) is 2.42. The van der Waals surface area contributed by atoms with Crippen LogP contribution in [-0.4, -0.2) is 39.5 Å². The summed E-state index contributed by atoms with van der Waals surface area (Å²) in [6.07, 6.45) is 4.87. The van der Waals surface area contributed by atoms with E-state index in [0.29, 0.717) is 17.8 Å². The third-order valence-electron chi connectivity index (χ3n) is 2.77. The fourth-order valence-corrected chi connectivity index (χ4v) is 1.78. The molecule has 20 heavy (non-hydrogen) atoms. The van der Waals surface area contributed by atoms with Gasteiger partial charge in [-0.2, -0.15) is 0 Å². The summed E-state index contributed by atoms with van der Waals surface area (Å²) in [5.74, 6) is -1.12. The minimum Gasteiger partial charge on any atom is -0.478 e. The molecule has 0 unspecified atom stereocenters. The molecule has 1 amide bonds. The molecule has 5 nitrogen and oxygen atoms in total. The molecule has 5 heteroatoms. The number of hydrogen-bond acceptors (Lipinski definition) is 3. The Morgan fingerprint density at radius 3 is 2.55 bits per heavy atom. The summed E-state index contributed by atoms with van der Waals surface area (Å²) in [6, 6.07) is 3.43. The Labute approximate surface area is 118 Å². The summed E-state index contributed by atoms with van der Waals surface area (Å²) in [4.78, 5) is 28.6. The second kappa shape index (κ2) is 7.43. The van der Waals surface area contributed by atoms with Crippen LogP contribution in [-0.2, 0) is 4.79 Å². The molecule has 0 aromatic carbocycles. The number of nitrogens with zero attached hydrogens (tertiary/aromatic N) is 2. The monoisotopic (exact) mass is 276 g/mol. The number of aromatic nitrogens is 1. The maximum absolute atomic E-state index is 12.3. The van der Waals surface area contributed by atoms with Crippen LogP contribution in [0.25, 0.3) is 6.08 Å². The predicted molar refractivity (Wildman–Crippen MR) is 77.4 cm³/mol. The van der Waals surface area contributed by atoms with Crippen LogP contribution in [0.1, 0.15) is 43.2 Å². The molecule has 0 spiro atoms. The molecular weight excluding hydrogens is 256 g/mol. The highest BCUT2D eigenvalue weighted by atomic mass is 16.4. The Morgan fingerprint density at radius 2 is 2.10 bits per heavy atom. The predicted octanol–water partition coefficient (Wildman–Crippen LogP) is 2.44. The van der Waals surface area contributed by atoms with Crippen molar-refractivity contribution >= 4 is 18.0 Å². The number of pyridine rings is 1. The van der Waals surface area contributed by atoms with Gasteiger partial charge in [-0.3, -0.25) is 9.78 Å². The highest BCUT2D eigenvalue weighted by molar-refractivity contribution is 5.92. The molecule has 0 aliphatic rings. The molecule has 1 N–H and O–H groups in total. The van der Waals surface area contributed by atoms with Crippen molar-refractivity contribution in [1.82, 2.24) is 9.88 Å². The van der Waals surface area contributed by atoms with Gasteiger partial charge < -0.3 is 10.0 Å². The van der Waals surface area contributed by atoms with Crippen molar-refractivity contribution in [3.05, 3.63) is 35.7 Å². The summed E-state index contributed by atoms with van der Waals surface area (Å²) in [5.41, 5.74) is 1.02. The molecule has 0 bridgehead atoms. The van der Waals surface area contributed by atoms with E-state index >= 15 is 0 Å². The second-order valence-corrected chi connectivity index (χ2v) is 4.74. The molecule has 1 rings (SSSR count). The van der Waals surface area contributed by atoms with Crippen LogP contribution in [0.3, 0.4) is 0 Å². The maximum atomic E-state index is 12.3. The van der Waals surface area contributed by atoms with Crippen molar-refractivity contribution in [3.8, 4) is 0 Å². The van der Waals surface area contributed by atoms with E-state index in [4.69, 9.17) is 5.11 Å². The normalized spacial score (nSPS) is 11.0. The zero-order valence-corrected chi connectivity index (χ0v) is 12.0. The van der Waals surface area contributed by atoms with Gasteiger partial charge in [-0.1, -0.05) is 13.0 Å². The largest absolute Gasteiger partial charge is 0.478 e. The van der Waals surface area contributed by atoms with Crippen LogP contribution in [0.4, 0.5) is 0 Å². The molecule has 0 aliphatic carbocycles. The molecule has 108 valence electrons. The van der Waals surface area contributed by atoms with Gasteiger partial charge in [0.15, 0.2) is 0 Å². The number of carbonyl (C=O) groups excluding carboxylic acids is 1. The quantitative estimate of drug-likeness (QED) is 0.810. The van der Waals surface area contributed by atoms with Crippen molar-refractivity contribution in [2.45, 2.75) is 33.2 Å². The molecule has 0 aliphatic heterocycles. The van der Waals surface area contributed by atoms with Gasteiger partial charge in [-0.15, -0.1) is 0 Å². The summed E-state index contributed by atoms with van der Waals surface area (Å²) in [7, 11) is 0. The number of rotatable bonds is 6. The minimum atomic E-state index is -1.01. The number of hydrogen-bond donors (Lipinski definition) is 1. The number of aliphatic carboxylic acids is 1. The topological polar surface area (TPSA) is 70.5 Å². The standard InChI is InChI=1S/C15H20N2O3/c1-4-9-17(11(2)3)15(20)13-7-5-12(10-16-13)6-8-14(18)19/h5-8,10-11H,4,9H2,1-3H3,(H,18,19). The lowest BCUT2D eigenvalue weighted by Gasteiger charge is -2.25. The summed E-state index contributed by atoms with van der Waals surface area (Å²) in [6.45, 7) is 6.66. The van der Waals surface area contributed by atoms with Gasteiger partial charge in [0, 0.05) is 24.9 Å². The first-order valence-corrected chi connectivity index (χ1v) is 6.63. The molecule has 0 saturated carbocycles. The summed E-state index contributed by atoms with van der Waals surface area (Å²) in [5, 5.41) is 8.54. The third kappa shape index (κ3) is 4.50. The fourth-order valence-electron chi connectivity index (χ4n) is 1.78. The average molecular weight is 276 g/mol. The van der Waals surface area contributed by atoms with Crippen molar-refractivity contribution in [1.29, 1.82) is 0 Å². The Morgan fingerprint density at radius 1 is 1.40 bits per heavy atom. The molecule has 1 aromatic heterocycles. The van der Waals surface area contributed by atoms with E-state index in [2.05, 4.69) is 4.98 Å². The first-order chi connectivity index (χ1) is 9.45. The molecule has 0 radical (unpaired) electrons. The highest BCUT2D eigenvalue weighted by Gasteiger charge is 2.18. The molecular formula is C15H20N2O3. The van der Waals surface area contributed by atoms with E-state index < -0.39 is 5.97 Å². The SMILES string of the molecule is CCCN(C(=O)c1ccc(C=CC(=O)O)cn1)C(C)C. The summed E-state index contributed by atoms with van der Waals surface area (Å²) < 4.78 is 0. The van der Waals surface area contributed by atoms with Gasteiger partial charge in [0.05, 0.1) is 0 Å². The van der Waals surface area contributed by atoms with E-state index in [1.54, 1.807) is 17.0 Å². The Balaban J connectivity index is 2.86. The van der Waals surface area contributed by atoms with Crippen LogP contribution < -0.4 is 0 Å².